The zero-order valence-electron chi connectivity index (χ0n) is 10.4. The number of nitrogens with one attached hydrogen (secondary N) is 1. The third-order valence-electron chi connectivity index (χ3n) is 2.49. The molecule has 0 saturated carbocycles. The van der Waals surface area contributed by atoms with Gasteiger partial charge in [0.25, 0.3) is 0 Å². The van der Waals surface area contributed by atoms with Gasteiger partial charge in [0.15, 0.2) is 0 Å². The molecule has 106 valence electrons. The molecule has 7 heteroatoms. The molecule has 1 heterocycles. The number of methoxy groups -OCH3 is 1. The Kier molecular flexibility index (Phi) is 4.96. The number of hydrogen-bond donors (Lipinski definition) is 1. The molecule has 0 amide bonds. The molecule has 1 N–H and O–H groups in total. The number of benzene rings is 1. The van der Waals surface area contributed by atoms with Crippen molar-refractivity contribution in [3.8, 4) is 0 Å². The smallest absolute Gasteiger partial charge is 0.373 e. The van der Waals surface area contributed by atoms with Gasteiger partial charge in [0.1, 0.15) is 5.76 Å². The van der Waals surface area contributed by atoms with Crippen LogP contribution in [0.5, 0.6) is 0 Å². The molecule has 0 aliphatic carbocycles. The first kappa shape index (κ1) is 15.2. The van der Waals surface area contributed by atoms with Gasteiger partial charge in [0.05, 0.1) is 29.4 Å². The third kappa shape index (κ3) is 3.48. The molecule has 2 aromatic rings. The quantitative estimate of drug-likeness (QED) is 0.780. The summed E-state index contributed by atoms with van der Waals surface area (Å²) >= 11 is 15.5. The van der Waals surface area contributed by atoms with E-state index < -0.39 is 5.97 Å². The SMILES string of the molecule is COC(=O)c1ccc(CNc2c(Cl)cc(Br)cc2Cl)o1. The van der Waals surface area contributed by atoms with Crippen LogP contribution in [0.15, 0.2) is 33.2 Å². The van der Waals surface area contributed by atoms with Gasteiger partial charge in [-0.2, -0.15) is 0 Å². The average Bonchev–Trinajstić information content (AvgIpc) is 2.85. The summed E-state index contributed by atoms with van der Waals surface area (Å²) in [5.74, 6) is 0.203. The van der Waals surface area contributed by atoms with Crippen LogP contribution in [-0.2, 0) is 11.3 Å². The minimum Gasteiger partial charge on any atom is -0.463 e. The molecule has 0 atom stereocenters. The maximum absolute atomic E-state index is 11.3. The summed E-state index contributed by atoms with van der Waals surface area (Å²) in [5, 5.41) is 4.04. The second-order valence-electron chi connectivity index (χ2n) is 3.86. The first-order valence-electron chi connectivity index (χ1n) is 5.56. The van der Waals surface area contributed by atoms with E-state index in [9.17, 15) is 4.79 Å². The summed E-state index contributed by atoms with van der Waals surface area (Å²) in [7, 11) is 1.30. The van der Waals surface area contributed by atoms with Crippen molar-refractivity contribution in [2.45, 2.75) is 6.54 Å². The highest BCUT2D eigenvalue weighted by atomic mass is 79.9. The van der Waals surface area contributed by atoms with Crippen LogP contribution in [0, 0.1) is 0 Å². The normalized spacial score (nSPS) is 10.4. The molecule has 0 aliphatic heterocycles. The van der Waals surface area contributed by atoms with Crippen LogP contribution in [0.2, 0.25) is 10.0 Å². The molecule has 0 aliphatic rings. The lowest BCUT2D eigenvalue weighted by molar-refractivity contribution is 0.0563. The Bertz CT molecular complexity index is 619. The Morgan fingerprint density at radius 3 is 2.60 bits per heavy atom. The molecule has 1 aromatic carbocycles. The molecule has 0 radical (unpaired) electrons. The Labute approximate surface area is 134 Å². The highest BCUT2D eigenvalue weighted by molar-refractivity contribution is 9.10. The predicted molar refractivity (Wildman–Crippen MR) is 81.5 cm³/mol. The minimum absolute atomic E-state index is 0.150. The van der Waals surface area contributed by atoms with Gasteiger partial charge < -0.3 is 14.5 Å². The summed E-state index contributed by atoms with van der Waals surface area (Å²) in [5.41, 5.74) is 0.604. The highest BCUT2D eigenvalue weighted by Gasteiger charge is 2.12. The van der Waals surface area contributed by atoms with E-state index in [1.54, 1.807) is 24.3 Å². The van der Waals surface area contributed by atoms with Crippen LogP contribution < -0.4 is 5.32 Å². The lowest BCUT2D eigenvalue weighted by atomic mass is 10.3. The summed E-state index contributed by atoms with van der Waals surface area (Å²) < 4.78 is 10.7. The van der Waals surface area contributed by atoms with Gasteiger partial charge in [-0.1, -0.05) is 39.1 Å². The summed E-state index contributed by atoms with van der Waals surface area (Å²) in [4.78, 5) is 11.3. The predicted octanol–water partition coefficient (Wildman–Crippen LogP) is 4.75. The number of esters is 1. The topological polar surface area (TPSA) is 51.5 Å². The maximum atomic E-state index is 11.3. The van der Waals surface area contributed by atoms with Crippen molar-refractivity contribution in [2.24, 2.45) is 0 Å². The molecular formula is C13H10BrCl2NO3. The van der Waals surface area contributed by atoms with E-state index in [1.807, 2.05) is 0 Å². The van der Waals surface area contributed by atoms with Crippen LogP contribution in [0.25, 0.3) is 0 Å². The Balaban J connectivity index is 2.09. The lowest BCUT2D eigenvalue weighted by Crippen LogP contribution is -2.01. The number of anilines is 1. The number of carbonyl (C=O) groups excluding carboxylic acids is 1. The lowest BCUT2D eigenvalue weighted by Gasteiger charge is -2.09. The molecule has 1 aromatic heterocycles. The second kappa shape index (κ2) is 6.52. The van der Waals surface area contributed by atoms with Gasteiger partial charge in [-0.15, -0.1) is 0 Å². The molecule has 0 saturated heterocycles. The van der Waals surface area contributed by atoms with Crippen molar-refractivity contribution < 1.29 is 13.9 Å². The first-order valence-corrected chi connectivity index (χ1v) is 7.11. The van der Waals surface area contributed by atoms with Crippen molar-refractivity contribution in [3.63, 3.8) is 0 Å². The van der Waals surface area contributed by atoms with Gasteiger partial charge in [0, 0.05) is 4.47 Å². The van der Waals surface area contributed by atoms with Crippen LogP contribution in [0.4, 0.5) is 5.69 Å². The molecule has 2 rings (SSSR count). The van der Waals surface area contributed by atoms with E-state index in [0.29, 0.717) is 28.0 Å². The van der Waals surface area contributed by atoms with Crippen LogP contribution in [0.3, 0.4) is 0 Å². The third-order valence-corrected chi connectivity index (χ3v) is 3.55. The average molecular weight is 379 g/mol. The van der Waals surface area contributed by atoms with Crippen molar-refractivity contribution in [3.05, 3.63) is 50.3 Å². The fourth-order valence-electron chi connectivity index (χ4n) is 1.57. The molecule has 20 heavy (non-hydrogen) atoms. The number of carbonyl (C=O) groups is 1. The number of hydrogen-bond acceptors (Lipinski definition) is 4. The molecule has 0 fully saturated rings. The molecule has 0 unspecified atom stereocenters. The van der Waals surface area contributed by atoms with Crippen molar-refractivity contribution in [1.82, 2.24) is 0 Å². The molecular weight excluding hydrogens is 369 g/mol. The van der Waals surface area contributed by atoms with E-state index in [2.05, 4.69) is 26.0 Å². The van der Waals surface area contributed by atoms with E-state index in [1.165, 1.54) is 7.11 Å². The summed E-state index contributed by atoms with van der Waals surface area (Å²) in [6.45, 7) is 0.345. The van der Waals surface area contributed by atoms with Gasteiger partial charge in [0.2, 0.25) is 5.76 Å². The van der Waals surface area contributed by atoms with Gasteiger partial charge >= 0.3 is 5.97 Å². The number of halogens is 3. The molecule has 0 spiro atoms. The summed E-state index contributed by atoms with van der Waals surface area (Å²) in [6.07, 6.45) is 0. The minimum atomic E-state index is -0.518. The maximum Gasteiger partial charge on any atom is 0.373 e. The number of furan rings is 1. The number of rotatable bonds is 4. The van der Waals surface area contributed by atoms with Crippen molar-refractivity contribution >= 4 is 50.8 Å². The van der Waals surface area contributed by atoms with E-state index in [0.717, 1.165) is 4.47 Å². The molecule has 4 nitrogen and oxygen atoms in total. The van der Waals surface area contributed by atoms with Crippen LogP contribution >= 0.6 is 39.1 Å². The molecule has 0 bridgehead atoms. The van der Waals surface area contributed by atoms with Gasteiger partial charge in [-0.05, 0) is 24.3 Å². The van der Waals surface area contributed by atoms with Crippen molar-refractivity contribution in [2.75, 3.05) is 12.4 Å². The van der Waals surface area contributed by atoms with E-state index >= 15 is 0 Å². The highest BCUT2D eigenvalue weighted by Crippen LogP contribution is 2.34. The number of ether oxygens (including phenoxy) is 1. The van der Waals surface area contributed by atoms with E-state index in [-0.39, 0.29) is 5.76 Å². The van der Waals surface area contributed by atoms with E-state index in [4.69, 9.17) is 27.6 Å². The fraction of sp³-hybridized carbons (Fsp3) is 0.154. The largest absolute Gasteiger partial charge is 0.463 e. The van der Waals surface area contributed by atoms with Gasteiger partial charge in [-0.3, -0.25) is 0 Å². The van der Waals surface area contributed by atoms with Gasteiger partial charge in [-0.25, -0.2) is 4.79 Å². The van der Waals surface area contributed by atoms with Crippen molar-refractivity contribution in [1.29, 1.82) is 0 Å². The standard InChI is InChI=1S/C13H10BrCl2NO3/c1-19-13(18)11-3-2-8(20-11)6-17-12-9(15)4-7(14)5-10(12)16/h2-5,17H,6H2,1H3. The van der Waals surface area contributed by atoms with Crippen LogP contribution in [-0.4, -0.2) is 13.1 Å². The zero-order valence-corrected chi connectivity index (χ0v) is 13.5. The zero-order chi connectivity index (χ0) is 14.7. The Morgan fingerprint density at radius 2 is 2.00 bits per heavy atom. The Hall–Kier alpha value is -1.17. The second-order valence-corrected chi connectivity index (χ2v) is 5.59. The first-order chi connectivity index (χ1) is 9.51. The monoisotopic (exact) mass is 377 g/mol. The Morgan fingerprint density at radius 1 is 1.35 bits per heavy atom. The summed E-state index contributed by atoms with van der Waals surface area (Å²) in [6, 6.07) is 6.70. The fourth-order valence-corrected chi connectivity index (χ4v) is 2.91. The van der Waals surface area contributed by atoms with Crippen LogP contribution in [0.1, 0.15) is 16.3 Å².